The number of esters is 2. The molecule has 134 valence electrons. The van der Waals surface area contributed by atoms with Gasteiger partial charge in [-0.25, -0.2) is 9.59 Å². The van der Waals surface area contributed by atoms with Gasteiger partial charge in [-0.3, -0.25) is 0 Å². The molecule has 1 aromatic rings. The van der Waals surface area contributed by atoms with Gasteiger partial charge in [-0.05, 0) is 66.1 Å². The molecule has 1 aliphatic carbocycles. The lowest BCUT2D eigenvalue weighted by Crippen LogP contribution is -2.47. The molecule has 0 aromatic heterocycles. The summed E-state index contributed by atoms with van der Waals surface area (Å²) in [5, 5.41) is 9.99. The molecule has 0 radical (unpaired) electrons. The maximum absolute atomic E-state index is 12.4. The number of phenols is 1. The molecule has 0 bridgehead atoms. The first-order valence-electron chi connectivity index (χ1n) is 8.28. The van der Waals surface area contributed by atoms with E-state index in [1.54, 1.807) is 19.1 Å². The van der Waals surface area contributed by atoms with E-state index in [4.69, 9.17) is 14.2 Å². The van der Waals surface area contributed by atoms with Gasteiger partial charge in [0.15, 0.2) is 11.5 Å². The molecular weight excluding hydrogens is 439 g/mol. The Kier molecular flexibility index (Phi) is 5.21. The van der Waals surface area contributed by atoms with Gasteiger partial charge in [0.25, 0.3) is 5.79 Å². The van der Waals surface area contributed by atoms with Crippen LogP contribution in [0.5, 0.6) is 11.5 Å². The van der Waals surface area contributed by atoms with Gasteiger partial charge >= 0.3 is 11.9 Å². The van der Waals surface area contributed by atoms with Gasteiger partial charge in [-0.2, -0.15) is 0 Å². The zero-order chi connectivity index (χ0) is 18.0. The topological polar surface area (TPSA) is 82.1 Å². The van der Waals surface area contributed by atoms with E-state index < -0.39 is 17.7 Å². The Morgan fingerprint density at radius 2 is 1.84 bits per heavy atom. The Balaban J connectivity index is 1.89. The van der Waals surface area contributed by atoms with Crippen molar-refractivity contribution >= 4 is 40.6 Å². The van der Waals surface area contributed by atoms with Crippen LogP contribution in [-0.2, 0) is 19.1 Å². The van der Waals surface area contributed by atoms with Crippen molar-refractivity contribution < 1.29 is 28.9 Å². The van der Waals surface area contributed by atoms with E-state index in [2.05, 4.69) is 0 Å². The molecule has 6 nitrogen and oxygen atoms in total. The molecule has 1 saturated carbocycles. The van der Waals surface area contributed by atoms with Crippen LogP contribution >= 0.6 is 22.6 Å². The van der Waals surface area contributed by atoms with Crippen molar-refractivity contribution in [2.45, 2.75) is 44.8 Å². The van der Waals surface area contributed by atoms with E-state index in [1.165, 1.54) is 6.08 Å². The Bertz CT molecular complexity index is 711. The van der Waals surface area contributed by atoms with Crippen LogP contribution in [0, 0.1) is 3.57 Å². The summed E-state index contributed by atoms with van der Waals surface area (Å²) in [6, 6.07) is 3.22. The van der Waals surface area contributed by atoms with Gasteiger partial charge in [0, 0.05) is 12.8 Å². The highest BCUT2D eigenvalue weighted by atomic mass is 127. The normalized spacial score (nSPS) is 19.4. The SMILES string of the molecule is CCOc1cc(C=C2C(=O)OC3(CCCCC3)OC2=O)cc(I)c1O. The third kappa shape index (κ3) is 3.75. The number of hydrogen-bond donors (Lipinski definition) is 1. The first-order chi connectivity index (χ1) is 11.9. The van der Waals surface area contributed by atoms with Gasteiger partial charge < -0.3 is 19.3 Å². The minimum Gasteiger partial charge on any atom is -0.504 e. The molecule has 0 atom stereocenters. The molecular formula is C18H19IO6. The van der Waals surface area contributed by atoms with E-state index in [9.17, 15) is 14.7 Å². The first kappa shape index (κ1) is 18.0. The lowest BCUT2D eigenvalue weighted by molar-refractivity contribution is -0.244. The van der Waals surface area contributed by atoms with E-state index >= 15 is 0 Å². The van der Waals surface area contributed by atoms with Crippen molar-refractivity contribution in [2.75, 3.05) is 6.61 Å². The minimum absolute atomic E-state index is 0.0274. The number of hydrogen-bond acceptors (Lipinski definition) is 6. The van der Waals surface area contributed by atoms with Crippen molar-refractivity contribution in [2.24, 2.45) is 0 Å². The molecule has 3 rings (SSSR count). The fourth-order valence-corrected chi connectivity index (χ4v) is 3.70. The second-order valence-electron chi connectivity index (χ2n) is 6.09. The van der Waals surface area contributed by atoms with Crippen LogP contribution in [0.2, 0.25) is 0 Å². The lowest BCUT2D eigenvalue weighted by atomic mass is 9.93. The van der Waals surface area contributed by atoms with Crippen molar-refractivity contribution in [3.63, 3.8) is 0 Å². The van der Waals surface area contributed by atoms with Crippen molar-refractivity contribution in [1.29, 1.82) is 0 Å². The predicted octanol–water partition coefficient (Wildman–Crippen LogP) is 3.54. The number of benzene rings is 1. The highest BCUT2D eigenvalue weighted by molar-refractivity contribution is 14.1. The van der Waals surface area contributed by atoms with Crippen molar-refractivity contribution in [3.8, 4) is 11.5 Å². The zero-order valence-electron chi connectivity index (χ0n) is 13.8. The molecule has 25 heavy (non-hydrogen) atoms. The van der Waals surface area contributed by atoms with E-state index in [0.717, 1.165) is 19.3 Å². The third-order valence-corrected chi connectivity index (χ3v) is 5.10. The number of phenolic OH excluding ortho intramolecular Hbond substituents is 1. The van der Waals surface area contributed by atoms with Crippen LogP contribution in [0.1, 0.15) is 44.6 Å². The molecule has 1 saturated heterocycles. The molecule has 0 amide bonds. The smallest absolute Gasteiger partial charge is 0.348 e. The standard InChI is InChI=1S/C18H19IO6/c1-2-23-14-10-11(9-13(19)15(14)20)8-12-16(21)24-18(25-17(12)22)6-4-3-5-7-18/h8-10,20H,2-7H2,1H3. The average Bonchev–Trinajstić information content (AvgIpc) is 2.56. The number of halogens is 1. The van der Waals surface area contributed by atoms with E-state index in [-0.39, 0.29) is 11.3 Å². The Labute approximate surface area is 159 Å². The van der Waals surface area contributed by atoms with Gasteiger partial charge in [0.2, 0.25) is 0 Å². The molecule has 2 aliphatic rings. The zero-order valence-corrected chi connectivity index (χ0v) is 16.0. The Morgan fingerprint density at radius 3 is 2.44 bits per heavy atom. The van der Waals surface area contributed by atoms with Crippen LogP contribution < -0.4 is 4.74 Å². The maximum Gasteiger partial charge on any atom is 0.348 e. The summed E-state index contributed by atoms with van der Waals surface area (Å²) in [7, 11) is 0. The molecule has 1 aromatic carbocycles. The summed E-state index contributed by atoms with van der Waals surface area (Å²) in [4.78, 5) is 24.7. The molecule has 1 aliphatic heterocycles. The van der Waals surface area contributed by atoms with Gasteiger partial charge in [0.05, 0.1) is 10.2 Å². The molecule has 0 unspecified atom stereocenters. The molecule has 1 N–H and O–H groups in total. The van der Waals surface area contributed by atoms with E-state index in [1.807, 2.05) is 22.6 Å². The number of ether oxygens (including phenoxy) is 3. The fraction of sp³-hybridized carbons (Fsp3) is 0.444. The van der Waals surface area contributed by atoms with E-state index in [0.29, 0.717) is 34.3 Å². The third-order valence-electron chi connectivity index (χ3n) is 4.27. The van der Waals surface area contributed by atoms with Crippen LogP contribution in [-0.4, -0.2) is 29.4 Å². The van der Waals surface area contributed by atoms with Crippen molar-refractivity contribution in [1.82, 2.24) is 0 Å². The number of aromatic hydroxyl groups is 1. The summed E-state index contributed by atoms with van der Waals surface area (Å²) < 4.78 is 16.9. The van der Waals surface area contributed by atoms with Crippen LogP contribution in [0.25, 0.3) is 6.08 Å². The van der Waals surface area contributed by atoms with Gasteiger partial charge in [-0.1, -0.05) is 6.42 Å². The van der Waals surface area contributed by atoms with Gasteiger partial charge in [0.1, 0.15) is 5.57 Å². The summed E-state index contributed by atoms with van der Waals surface area (Å²) in [5.41, 5.74) is 0.397. The Hall–Kier alpha value is -1.77. The number of carbonyl (C=O) groups excluding carboxylic acids is 2. The van der Waals surface area contributed by atoms with Crippen LogP contribution in [0.4, 0.5) is 0 Å². The first-order valence-corrected chi connectivity index (χ1v) is 9.36. The maximum atomic E-state index is 12.4. The summed E-state index contributed by atoms with van der Waals surface area (Å²) in [5.74, 6) is -2.11. The molecule has 2 fully saturated rings. The fourth-order valence-electron chi connectivity index (χ4n) is 3.07. The lowest BCUT2D eigenvalue weighted by Gasteiger charge is -2.38. The van der Waals surface area contributed by atoms with Crippen molar-refractivity contribution in [3.05, 3.63) is 26.8 Å². The number of rotatable bonds is 3. The summed E-state index contributed by atoms with van der Waals surface area (Å²) in [6.45, 7) is 2.19. The Morgan fingerprint density at radius 1 is 1.20 bits per heavy atom. The highest BCUT2D eigenvalue weighted by Crippen LogP contribution is 2.38. The molecule has 1 spiro atoms. The average molecular weight is 458 g/mol. The van der Waals surface area contributed by atoms with Gasteiger partial charge in [-0.15, -0.1) is 0 Å². The second-order valence-corrected chi connectivity index (χ2v) is 7.25. The summed E-state index contributed by atoms with van der Waals surface area (Å²) >= 11 is 1.96. The molecule has 7 heteroatoms. The second kappa shape index (κ2) is 7.23. The quantitative estimate of drug-likeness (QED) is 0.323. The highest BCUT2D eigenvalue weighted by Gasteiger charge is 2.46. The van der Waals surface area contributed by atoms with Crippen LogP contribution in [0.15, 0.2) is 17.7 Å². The number of carbonyl (C=O) groups is 2. The molecule has 1 heterocycles. The monoisotopic (exact) mass is 458 g/mol. The minimum atomic E-state index is -1.09. The van der Waals surface area contributed by atoms with Crippen LogP contribution in [0.3, 0.4) is 0 Å². The largest absolute Gasteiger partial charge is 0.504 e. The summed E-state index contributed by atoms with van der Waals surface area (Å²) in [6.07, 6.45) is 5.28. The predicted molar refractivity (Wildman–Crippen MR) is 98.0 cm³/mol.